The molecule has 4 rings (SSSR count). The van der Waals surface area contributed by atoms with Crippen LogP contribution in [0.2, 0.25) is 10.0 Å². The number of hydrogen-bond donors (Lipinski definition) is 2. The predicted octanol–water partition coefficient (Wildman–Crippen LogP) is 7.31. The maximum Gasteiger partial charge on any atom is 0.251 e. The standard InChI is InChI=1S/C29H30Cl2N4OS/c1-2-3-13-35(29-34-27(19-37-29)24-11-12-25(30)26(31)15-24)18-20-7-9-23(10-8-20)28(36)33-17-22-6-4-5-21(14-22)16-32/h4-12,14-15,19H,2-3,13,16-18,32H2,1H3,(H,33,36). The number of unbranched alkanes of at least 4 members (excludes halogenated alkanes) is 1. The number of nitrogens with one attached hydrogen (secondary N) is 1. The molecule has 0 aliphatic rings. The molecule has 1 amide bonds. The molecule has 1 aromatic heterocycles. The average Bonchev–Trinajstić information content (AvgIpc) is 3.42. The summed E-state index contributed by atoms with van der Waals surface area (Å²) in [5, 5.41) is 7.04. The van der Waals surface area contributed by atoms with Crippen LogP contribution in [-0.2, 0) is 19.6 Å². The lowest BCUT2D eigenvalue weighted by Gasteiger charge is -2.22. The van der Waals surface area contributed by atoms with Crippen molar-refractivity contribution in [2.24, 2.45) is 5.73 Å². The topological polar surface area (TPSA) is 71.2 Å². The average molecular weight is 554 g/mol. The molecule has 0 saturated heterocycles. The van der Waals surface area contributed by atoms with Gasteiger partial charge in [0.1, 0.15) is 0 Å². The number of halogens is 2. The van der Waals surface area contributed by atoms with E-state index in [-0.39, 0.29) is 5.91 Å². The zero-order valence-electron chi connectivity index (χ0n) is 20.7. The number of aromatic nitrogens is 1. The Balaban J connectivity index is 1.42. The van der Waals surface area contributed by atoms with Crippen LogP contribution in [0.1, 0.15) is 46.8 Å². The van der Waals surface area contributed by atoms with E-state index in [1.165, 1.54) is 0 Å². The minimum absolute atomic E-state index is 0.0984. The summed E-state index contributed by atoms with van der Waals surface area (Å²) in [5.74, 6) is -0.0984. The Morgan fingerprint density at radius 1 is 1.00 bits per heavy atom. The fourth-order valence-corrected chi connectivity index (χ4v) is 5.08. The number of nitrogens with zero attached hydrogens (tertiary/aromatic N) is 2. The third kappa shape index (κ3) is 7.33. The van der Waals surface area contributed by atoms with E-state index in [1.54, 1.807) is 17.4 Å². The molecule has 0 aliphatic carbocycles. The van der Waals surface area contributed by atoms with Gasteiger partial charge in [-0.2, -0.15) is 0 Å². The van der Waals surface area contributed by atoms with Crippen LogP contribution in [0.3, 0.4) is 0 Å². The Bertz CT molecular complexity index is 1340. The lowest BCUT2D eigenvalue weighted by Crippen LogP contribution is -2.24. The second-order valence-corrected chi connectivity index (χ2v) is 10.5. The number of nitrogens with two attached hydrogens (primary N) is 1. The molecular weight excluding hydrogens is 523 g/mol. The highest BCUT2D eigenvalue weighted by Crippen LogP contribution is 2.32. The Morgan fingerprint density at radius 2 is 1.78 bits per heavy atom. The number of hydrogen-bond acceptors (Lipinski definition) is 5. The number of carbonyl (C=O) groups excluding carboxylic acids is 1. The van der Waals surface area contributed by atoms with Gasteiger partial charge in [0, 0.05) is 42.7 Å². The van der Waals surface area contributed by atoms with Crippen LogP contribution >= 0.6 is 34.5 Å². The number of benzene rings is 3. The SMILES string of the molecule is CCCCN(Cc1ccc(C(=O)NCc2cccc(CN)c2)cc1)c1nc(-c2ccc(Cl)c(Cl)c2)cs1. The van der Waals surface area contributed by atoms with Gasteiger partial charge < -0.3 is 16.0 Å². The number of thiazole rings is 1. The molecule has 0 fully saturated rings. The smallest absolute Gasteiger partial charge is 0.251 e. The summed E-state index contributed by atoms with van der Waals surface area (Å²) < 4.78 is 0. The molecule has 192 valence electrons. The summed E-state index contributed by atoms with van der Waals surface area (Å²) in [4.78, 5) is 19.8. The van der Waals surface area contributed by atoms with E-state index in [4.69, 9.17) is 33.9 Å². The van der Waals surface area contributed by atoms with E-state index in [2.05, 4.69) is 17.1 Å². The highest BCUT2D eigenvalue weighted by molar-refractivity contribution is 7.14. The molecule has 0 spiro atoms. The summed E-state index contributed by atoms with van der Waals surface area (Å²) in [6.45, 7) is 4.73. The van der Waals surface area contributed by atoms with Crippen molar-refractivity contribution in [1.29, 1.82) is 0 Å². The molecule has 3 N–H and O–H groups in total. The summed E-state index contributed by atoms with van der Waals surface area (Å²) >= 11 is 13.9. The largest absolute Gasteiger partial charge is 0.348 e. The van der Waals surface area contributed by atoms with Gasteiger partial charge in [0.15, 0.2) is 5.13 Å². The number of rotatable bonds is 11. The van der Waals surface area contributed by atoms with Gasteiger partial charge in [0.2, 0.25) is 0 Å². The fourth-order valence-electron chi connectivity index (χ4n) is 3.92. The van der Waals surface area contributed by atoms with E-state index >= 15 is 0 Å². The number of carbonyl (C=O) groups is 1. The summed E-state index contributed by atoms with van der Waals surface area (Å²) in [7, 11) is 0. The molecule has 1 heterocycles. The Labute approximate surface area is 232 Å². The predicted molar refractivity (Wildman–Crippen MR) is 155 cm³/mol. The van der Waals surface area contributed by atoms with E-state index < -0.39 is 0 Å². The maximum absolute atomic E-state index is 12.7. The summed E-state index contributed by atoms with van der Waals surface area (Å²) in [6.07, 6.45) is 2.16. The van der Waals surface area contributed by atoms with Gasteiger partial charge in [-0.15, -0.1) is 11.3 Å². The minimum Gasteiger partial charge on any atom is -0.348 e. The van der Waals surface area contributed by atoms with Crippen molar-refractivity contribution in [3.8, 4) is 11.3 Å². The zero-order chi connectivity index (χ0) is 26.2. The quantitative estimate of drug-likeness (QED) is 0.204. The Kier molecular flexibility index (Phi) is 9.58. The van der Waals surface area contributed by atoms with Crippen molar-refractivity contribution in [1.82, 2.24) is 10.3 Å². The van der Waals surface area contributed by atoms with Gasteiger partial charge in [0.25, 0.3) is 5.91 Å². The van der Waals surface area contributed by atoms with Crippen molar-refractivity contribution in [2.45, 2.75) is 39.4 Å². The normalized spacial score (nSPS) is 10.9. The van der Waals surface area contributed by atoms with E-state index in [0.717, 1.165) is 52.5 Å². The van der Waals surface area contributed by atoms with Gasteiger partial charge in [-0.05, 0) is 47.4 Å². The Hall–Kier alpha value is -2.90. The second-order valence-electron chi connectivity index (χ2n) is 8.82. The molecule has 0 radical (unpaired) electrons. The molecular formula is C29H30Cl2N4OS. The van der Waals surface area contributed by atoms with Gasteiger partial charge in [-0.1, -0.05) is 79.0 Å². The molecule has 0 saturated carbocycles. The molecule has 0 unspecified atom stereocenters. The summed E-state index contributed by atoms with van der Waals surface area (Å²) in [6, 6.07) is 21.3. The van der Waals surface area contributed by atoms with Crippen molar-refractivity contribution in [2.75, 3.05) is 11.4 Å². The lowest BCUT2D eigenvalue weighted by molar-refractivity contribution is 0.0951. The van der Waals surface area contributed by atoms with Gasteiger partial charge in [-0.25, -0.2) is 4.98 Å². The third-order valence-corrected chi connectivity index (χ3v) is 7.67. The van der Waals surface area contributed by atoms with E-state index in [1.807, 2.05) is 66.0 Å². The highest BCUT2D eigenvalue weighted by Gasteiger charge is 2.14. The van der Waals surface area contributed by atoms with Gasteiger partial charge in [0.05, 0.1) is 15.7 Å². The van der Waals surface area contributed by atoms with E-state index in [0.29, 0.717) is 35.2 Å². The highest BCUT2D eigenvalue weighted by atomic mass is 35.5. The molecule has 4 aromatic rings. The van der Waals surface area contributed by atoms with Crippen LogP contribution in [0.4, 0.5) is 5.13 Å². The summed E-state index contributed by atoms with van der Waals surface area (Å²) in [5.41, 5.74) is 11.4. The molecule has 8 heteroatoms. The van der Waals surface area contributed by atoms with Crippen LogP contribution in [0.25, 0.3) is 11.3 Å². The molecule has 5 nitrogen and oxygen atoms in total. The monoisotopic (exact) mass is 552 g/mol. The van der Waals surface area contributed by atoms with Crippen molar-refractivity contribution < 1.29 is 4.79 Å². The van der Waals surface area contributed by atoms with Crippen LogP contribution < -0.4 is 16.0 Å². The van der Waals surface area contributed by atoms with E-state index in [9.17, 15) is 4.79 Å². The second kappa shape index (κ2) is 13.1. The van der Waals surface area contributed by atoms with Crippen LogP contribution in [-0.4, -0.2) is 17.4 Å². The number of anilines is 1. The first-order chi connectivity index (χ1) is 18.0. The van der Waals surface area contributed by atoms with Crippen molar-refractivity contribution in [3.05, 3.63) is 104 Å². The zero-order valence-corrected chi connectivity index (χ0v) is 23.0. The van der Waals surface area contributed by atoms with Gasteiger partial charge >= 0.3 is 0 Å². The molecule has 3 aromatic carbocycles. The first-order valence-electron chi connectivity index (χ1n) is 12.3. The van der Waals surface area contributed by atoms with Crippen LogP contribution in [0.5, 0.6) is 0 Å². The van der Waals surface area contributed by atoms with Crippen molar-refractivity contribution >= 4 is 45.6 Å². The van der Waals surface area contributed by atoms with Crippen LogP contribution in [0.15, 0.2) is 72.1 Å². The first kappa shape index (κ1) is 27.1. The lowest BCUT2D eigenvalue weighted by atomic mass is 10.1. The first-order valence-corrected chi connectivity index (χ1v) is 13.9. The maximum atomic E-state index is 12.7. The van der Waals surface area contributed by atoms with Crippen LogP contribution in [0, 0.1) is 0 Å². The minimum atomic E-state index is -0.0984. The molecule has 0 atom stereocenters. The Morgan fingerprint density at radius 3 is 2.51 bits per heavy atom. The molecule has 0 bridgehead atoms. The van der Waals surface area contributed by atoms with Gasteiger partial charge in [-0.3, -0.25) is 4.79 Å². The fraction of sp³-hybridized carbons (Fsp3) is 0.241. The third-order valence-electron chi connectivity index (χ3n) is 6.03. The molecule has 37 heavy (non-hydrogen) atoms. The number of amides is 1. The van der Waals surface area contributed by atoms with Crippen molar-refractivity contribution in [3.63, 3.8) is 0 Å². The molecule has 0 aliphatic heterocycles.